The fourth-order valence-electron chi connectivity index (χ4n) is 1.66. The van der Waals surface area contributed by atoms with Gasteiger partial charge >= 0.3 is 0 Å². The maximum absolute atomic E-state index is 11.0. The van der Waals surface area contributed by atoms with Crippen LogP contribution in [0.3, 0.4) is 0 Å². The maximum atomic E-state index is 11.0. The average Bonchev–Trinajstić information content (AvgIpc) is 2.89. The molecule has 2 rings (SSSR count). The van der Waals surface area contributed by atoms with Crippen molar-refractivity contribution in [2.75, 3.05) is 0 Å². The summed E-state index contributed by atoms with van der Waals surface area (Å²) in [5.74, 6) is 0. The van der Waals surface area contributed by atoms with Gasteiger partial charge in [-0.15, -0.1) is 0 Å². The van der Waals surface area contributed by atoms with Crippen LogP contribution in [-0.4, -0.2) is 14.5 Å². The molecule has 94 valence electrons. The fraction of sp³-hybridized carbons (Fsp3) is 0. The van der Waals surface area contributed by atoms with Crippen LogP contribution in [-0.2, 0) is 0 Å². The van der Waals surface area contributed by atoms with E-state index in [1.807, 2.05) is 6.07 Å². The predicted octanol–water partition coefficient (Wildman–Crippen LogP) is 1.40. The molecule has 8 heteroatoms. The molecular formula is C12H4N6O2. The molecule has 1 aromatic carbocycles. The van der Waals surface area contributed by atoms with Crippen LogP contribution >= 0.6 is 0 Å². The van der Waals surface area contributed by atoms with Crippen LogP contribution in [0.15, 0.2) is 24.5 Å². The number of hydrogen-bond donors (Lipinski definition) is 0. The standard InChI is InChI=1S/C12H4N6O2/c13-4-8-1-2-10(18(19)20)11(3-8)17-7-16-9(5-14)12(17)6-15/h1-3,7H. The van der Waals surface area contributed by atoms with E-state index in [4.69, 9.17) is 15.8 Å². The van der Waals surface area contributed by atoms with E-state index in [1.54, 1.807) is 12.1 Å². The smallest absolute Gasteiger partial charge is 0.283 e. The zero-order valence-corrected chi connectivity index (χ0v) is 9.81. The third-order valence-corrected chi connectivity index (χ3v) is 2.54. The number of nitrogens with zero attached hydrogens (tertiary/aromatic N) is 6. The van der Waals surface area contributed by atoms with Gasteiger partial charge in [-0.2, -0.15) is 15.8 Å². The zero-order valence-electron chi connectivity index (χ0n) is 9.81. The number of nitro groups is 1. The summed E-state index contributed by atoms with van der Waals surface area (Å²) in [7, 11) is 0. The highest BCUT2D eigenvalue weighted by atomic mass is 16.6. The van der Waals surface area contributed by atoms with Gasteiger partial charge in [0.15, 0.2) is 11.4 Å². The van der Waals surface area contributed by atoms with E-state index in [2.05, 4.69) is 4.98 Å². The van der Waals surface area contributed by atoms with Gasteiger partial charge in [-0.25, -0.2) is 4.98 Å². The number of imidazole rings is 1. The summed E-state index contributed by atoms with van der Waals surface area (Å²) in [6.07, 6.45) is 1.14. The van der Waals surface area contributed by atoms with Gasteiger partial charge in [-0.3, -0.25) is 14.7 Å². The lowest BCUT2D eigenvalue weighted by Gasteiger charge is -2.05. The minimum Gasteiger partial charge on any atom is -0.283 e. The number of hydrogen-bond acceptors (Lipinski definition) is 6. The first-order valence-electron chi connectivity index (χ1n) is 5.18. The molecule has 20 heavy (non-hydrogen) atoms. The van der Waals surface area contributed by atoms with Crippen LogP contribution in [0, 0.1) is 44.1 Å². The van der Waals surface area contributed by atoms with Gasteiger partial charge in [0.05, 0.1) is 16.6 Å². The van der Waals surface area contributed by atoms with Gasteiger partial charge in [0.1, 0.15) is 24.2 Å². The Morgan fingerprint density at radius 3 is 2.50 bits per heavy atom. The Bertz CT molecular complexity index is 831. The van der Waals surface area contributed by atoms with Crippen molar-refractivity contribution in [3.8, 4) is 23.9 Å². The number of nitro benzene ring substituents is 1. The van der Waals surface area contributed by atoms with Gasteiger partial charge in [0, 0.05) is 6.07 Å². The number of nitriles is 3. The van der Waals surface area contributed by atoms with Gasteiger partial charge in [-0.05, 0) is 12.1 Å². The van der Waals surface area contributed by atoms with Crippen molar-refractivity contribution < 1.29 is 4.92 Å². The van der Waals surface area contributed by atoms with E-state index in [0.29, 0.717) is 0 Å². The summed E-state index contributed by atoms with van der Waals surface area (Å²) in [5.41, 5.74) is -0.335. The lowest BCUT2D eigenvalue weighted by Crippen LogP contribution is -2.02. The van der Waals surface area contributed by atoms with Crippen molar-refractivity contribution in [2.45, 2.75) is 0 Å². The Morgan fingerprint density at radius 1 is 1.20 bits per heavy atom. The summed E-state index contributed by atoms with van der Waals surface area (Å²) < 4.78 is 1.12. The highest BCUT2D eigenvalue weighted by Gasteiger charge is 2.20. The van der Waals surface area contributed by atoms with E-state index >= 15 is 0 Å². The Labute approximate surface area is 112 Å². The molecule has 0 bridgehead atoms. The van der Waals surface area contributed by atoms with Crippen molar-refractivity contribution in [3.63, 3.8) is 0 Å². The molecule has 0 amide bonds. The molecule has 8 nitrogen and oxygen atoms in total. The van der Waals surface area contributed by atoms with Crippen LogP contribution in [0.4, 0.5) is 5.69 Å². The largest absolute Gasteiger partial charge is 0.293 e. The summed E-state index contributed by atoms with van der Waals surface area (Å²) >= 11 is 0. The lowest BCUT2D eigenvalue weighted by molar-refractivity contribution is -0.384. The van der Waals surface area contributed by atoms with Crippen LogP contribution < -0.4 is 0 Å². The topological polar surface area (TPSA) is 132 Å². The molecule has 0 aliphatic heterocycles. The van der Waals surface area contributed by atoms with Crippen LogP contribution in [0.5, 0.6) is 0 Å². The summed E-state index contributed by atoms with van der Waals surface area (Å²) in [6.45, 7) is 0. The van der Waals surface area contributed by atoms with Crippen molar-refractivity contribution in [1.29, 1.82) is 15.8 Å². The highest BCUT2D eigenvalue weighted by molar-refractivity contribution is 5.59. The van der Waals surface area contributed by atoms with Gasteiger partial charge in [-0.1, -0.05) is 0 Å². The second-order valence-electron chi connectivity index (χ2n) is 3.61. The molecule has 1 heterocycles. The molecular weight excluding hydrogens is 260 g/mol. The normalized spacial score (nSPS) is 9.25. The Balaban J connectivity index is 2.79. The monoisotopic (exact) mass is 264 g/mol. The number of rotatable bonds is 2. The van der Waals surface area contributed by atoms with Crippen molar-refractivity contribution in [1.82, 2.24) is 9.55 Å². The molecule has 0 atom stereocenters. The van der Waals surface area contributed by atoms with E-state index in [9.17, 15) is 10.1 Å². The maximum Gasteiger partial charge on any atom is 0.293 e. The molecule has 0 aliphatic carbocycles. The molecule has 2 aromatic rings. The minimum atomic E-state index is -0.635. The van der Waals surface area contributed by atoms with Crippen LogP contribution in [0.1, 0.15) is 17.0 Å². The molecule has 1 aromatic heterocycles. The molecule has 0 N–H and O–H groups in total. The fourth-order valence-corrected chi connectivity index (χ4v) is 1.66. The lowest BCUT2D eigenvalue weighted by atomic mass is 10.2. The van der Waals surface area contributed by atoms with E-state index in [0.717, 1.165) is 10.9 Å². The highest BCUT2D eigenvalue weighted by Crippen LogP contribution is 2.26. The molecule has 0 saturated carbocycles. The SMILES string of the molecule is N#Cc1ccc([N+](=O)[O-])c(-n2cnc(C#N)c2C#N)c1. The molecule has 0 unspecified atom stereocenters. The first-order chi connectivity index (χ1) is 9.62. The molecule has 0 spiro atoms. The second-order valence-corrected chi connectivity index (χ2v) is 3.61. The predicted molar refractivity (Wildman–Crippen MR) is 64.4 cm³/mol. The quantitative estimate of drug-likeness (QED) is 0.594. The van der Waals surface area contributed by atoms with Crippen LogP contribution in [0.25, 0.3) is 5.69 Å². The zero-order chi connectivity index (χ0) is 14.7. The molecule has 0 aliphatic rings. The van der Waals surface area contributed by atoms with Gasteiger partial charge < -0.3 is 0 Å². The Hall–Kier alpha value is -3.70. The average molecular weight is 264 g/mol. The van der Waals surface area contributed by atoms with E-state index in [-0.39, 0.29) is 28.3 Å². The molecule has 0 radical (unpaired) electrons. The molecule has 0 fully saturated rings. The third-order valence-electron chi connectivity index (χ3n) is 2.54. The summed E-state index contributed by atoms with van der Waals surface area (Å²) in [5, 5.41) is 37.7. The third kappa shape index (κ3) is 1.92. The number of aromatic nitrogens is 2. The first-order valence-corrected chi connectivity index (χ1v) is 5.18. The first kappa shape index (κ1) is 12.7. The summed E-state index contributed by atoms with van der Waals surface area (Å²) in [4.78, 5) is 14.1. The van der Waals surface area contributed by atoms with E-state index in [1.165, 1.54) is 18.2 Å². The second kappa shape index (κ2) is 4.89. The Kier molecular flexibility index (Phi) is 3.12. The minimum absolute atomic E-state index is 0.0135. The van der Waals surface area contributed by atoms with Gasteiger partial charge in [0.25, 0.3) is 5.69 Å². The van der Waals surface area contributed by atoms with Crippen molar-refractivity contribution >= 4 is 5.69 Å². The van der Waals surface area contributed by atoms with Crippen molar-refractivity contribution in [3.05, 3.63) is 51.6 Å². The van der Waals surface area contributed by atoms with Crippen molar-refractivity contribution in [2.24, 2.45) is 0 Å². The molecule has 0 saturated heterocycles. The number of benzene rings is 1. The Morgan fingerprint density at radius 2 is 1.95 bits per heavy atom. The van der Waals surface area contributed by atoms with Crippen LogP contribution in [0.2, 0.25) is 0 Å². The van der Waals surface area contributed by atoms with Gasteiger partial charge in [0.2, 0.25) is 0 Å². The van der Waals surface area contributed by atoms with E-state index < -0.39 is 4.92 Å². The summed E-state index contributed by atoms with van der Waals surface area (Å²) in [6, 6.07) is 9.09.